The number of nitrogens with zero attached hydrogens (tertiary/aromatic N) is 2. The van der Waals surface area contributed by atoms with E-state index in [0.29, 0.717) is 0 Å². The van der Waals surface area contributed by atoms with Crippen LogP contribution >= 0.6 is 0 Å². The van der Waals surface area contributed by atoms with E-state index in [1.54, 1.807) is 0 Å². The van der Waals surface area contributed by atoms with Crippen molar-refractivity contribution < 1.29 is 4.79 Å². The van der Waals surface area contributed by atoms with Crippen LogP contribution in [0.3, 0.4) is 0 Å². The Bertz CT molecular complexity index is 454. The van der Waals surface area contributed by atoms with Gasteiger partial charge < -0.3 is 4.90 Å². The van der Waals surface area contributed by atoms with Gasteiger partial charge in [-0.15, -0.1) is 0 Å². The number of amides is 1. The zero-order chi connectivity index (χ0) is 13.9. The van der Waals surface area contributed by atoms with E-state index in [9.17, 15) is 4.79 Å². The fourth-order valence-corrected chi connectivity index (χ4v) is 3.39. The Labute approximate surface area is 121 Å². The molecule has 0 unspecified atom stereocenters. The topological polar surface area (TPSA) is 23.6 Å². The third-order valence-electron chi connectivity index (χ3n) is 4.64. The molecule has 0 atom stereocenters. The molecule has 1 saturated carbocycles. The van der Waals surface area contributed by atoms with E-state index >= 15 is 0 Å². The second kappa shape index (κ2) is 5.96. The molecule has 1 aliphatic heterocycles. The van der Waals surface area contributed by atoms with E-state index in [2.05, 4.69) is 11.8 Å². The first-order valence-corrected chi connectivity index (χ1v) is 7.69. The molecule has 1 radical (unpaired) electrons. The third-order valence-corrected chi connectivity index (χ3v) is 4.64. The van der Waals surface area contributed by atoms with Crippen LogP contribution in [0.2, 0.25) is 0 Å². The van der Waals surface area contributed by atoms with Gasteiger partial charge in [0.15, 0.2) is 0 Å². The largest absolute Gasteiger partial charge is 0.336 e. The van der Waals surface area contributed by atoms with Gasteiger partial charge in [-0.1, -0.05) is 25.0 Å². The van der Waals surface area contributed by atoms with Crippen LogP contribution < -0.4 is 0 Å². The number of piperazine rings is 1. The highest BCUT2D eigenvalue weighted by Crippen LogP contribution is 2.24. The molecule has 0 spiro atoms. The second-order valence-electron chi connectivity index (χ2n) is 5.96. The van der Waals surface area contributed by atoms with Crippen LogP contribution in [0.1, 0.15) is 41.6 Å². The molecule has 1 saturated heterocycles. The molecule has 3 heteroatoms. The molecule has 0 bridgehead atoms. The number of hydrogen-bond donors (Lipinski definition) is 0. The van der Waals surface area contributed by atoms with E-state index in [-0.39, 0.29) is 5.91 Å². The van der Waals surface area contributed by atoms with E-state index < -0.39 is 0 Å². The lowest BCUT2D eigenvalue weighted by Gasteiger charge is -2.38. The van der Waals surface area contributed by atoms with Crippen LogP contribution in [0.25, 0.3) is 0 Å². The van der Waals surface area contributed by atoms with E-state index in [0.717, 1.165) is 43.3 Å². The summed E-state index contributed by atoms with van der Waals surface area (Å²) in [6, 6.07) is 8.35. The van der Waals surface area contributed by atoms with Gasteiger partial charge in [-0.3, -0.25) is 9.69 Å². The number of benzene rings is 1. The fourth-order valence-electron chi connectivity index (χ4n) is 3.39. The lowest BCUT2D eigenvalue weighted by molar-refractivity contribution is 0.0573. The van der Waals surface area contributed by atoms with Crippen molar-refractivity contribution in [2.24, 2.45) is 0 Å². The SMILES string of the molecule is [CH2]c1ccc(C(=O)N2CCN(C3CCCC3)CC2)cc1. The molecule has 1 aromatic rings. The van der Waals surface area contributed by atoms with Gasteiger partial charge in [0, 0.05) is 37.8 Å². The Balaban J connectivity index is 1.57. The number of carbonyl (C=O) groups is 1. The molecule has 2 fully saturated rings. The predicted octanol–water partition coefficient (Wildman–Crippen LogP) is 2.57. The zero-order valence-corrected chi connectivity index (χ0v) is 12.1. The first-order chi connectivity index (χ1) is 9.74. The van der Waals surface area contributed by atoms with Crippen LogP contribution in [0, 0.1) is 6.92 Å². The Morgan fingerprint density at radius 1 is 1.00 bits per heavy atom. The van der Waals surface area contributed by atoms with Gasteiger partial charge in [0.25, 0.3) is 5.91 Å². The van der Waals surface area contributed by atoms with Crippen molar-refractivity contribution in [2.45, 2.75) is 31.7 Å². The molecular weight excluding hydrogens is 248 g/mol. The maximum atomic E-state index is 12.4. The van der Waals surface area contributed by atoms with Crippen molar-refractivity contribution in [1.29, 1.82) is 0 Å². The predicted molar refractivity (Wildman–Crippen MR) is 80.6 cm³/mol. The first-order valence-electron chi connectivity index (χ1n) is 7.69. The van der Waals surface area contributed by atoms with Crippen molar-refractivity contribution in [1.82, 2.24) is 9.80 Å². The van der Waals surface area contributed by atoms with Gasteiger partial charge in [0.05, 0.1) is 0 Å². The quantitative estimate of drug-likeness (QED) is 0.825. The van der Waals surface area contributed by atoms with E-state index in [1.165, 1.54) is 25.7 Å². The fraction of sp³-hybridized carbons (Fsp3) is 0.529. The lowest BCUT2D eigenvalue weighted by atomic mass is 10.1. The molecule has 3 rings (SSSR count). The summed E-state index contributed by atoms with van der Waals surface area (Å²) >= 11 is 0. The summed E-state index contributed by atoms with van der Waals surface area (Å²) < 4.78 is 0. The number of carbonyl (C=O) groups excluding carboxylic acids is 1. The highest BCUT2D eigenvalue weighted by molar-refractivity contribution is 5.94. The molecule has 1 aromatic carbocycles. The van der Waals surface area contributed by atoms with Crippen molar-refractivity contribution in [2.75, 3.05) is 26.2 Å². The van der Waals surface area contributed by atoms with Crippen LogP contribution in [0.15, 0.2) is 24.3 Å². The Morgan fingerprint density at radius 2 is 1.60 bits per heavy atom. The molecule has 2 aliphatic rings. The molecule has 0 N–H and O–H groups in total. The van der Waals surface area contributed by atoms with Gasteiger partial charge in [-0.2, -0.15) is 0 Å². The average molecular weight is 271 g/mol. The van der Waals surface area contributed by atoms with Gasteiger partial charge in [-0.25, -0.2) is 0 Å². The summed E-state index contributed by atoms with van der Waals surface area (Å²) in [5.41, 5.74) is 1.74. The van der Waals surface area contributed by atoms with Crippen molar-refractivity contribution in [3.8, 4) is 0 Å². The molecule has 107 valence electrons. The average Bonchev–Trinajstić information content (AvgIpc) is 3.02. The highest BCUT2D eigenvalue weighted by atomic mass is 16.2. The van der Waals surface area contributed by atoms with Crippen molar-refractivity contribution in [3.05, 3.63) is 42.3 Å². The van der Waals surface area contributed by atoms with Crippen molar-refractivity contribution >= 4 is 5.91 Å². The monoisotopic (exact) mass is 271 g/mol. The summed E-state index contributed by atoms with van der Waals surface area (Å²) in [4.78, 5) is 17.0. The van der Waals surface area contributed by atoms with Crippen LogP contribution in [-0.2, 0) is 0 Å². The van der Waals surface area contributed by atoms with Gasteiger partial charge >= 0.3 is 0 Å². The summed E-state index contributed by atoms with van der Waals surface area (Å²) in [6.07, 6.45) is 5.44. The molecule has 0 aromatic heterocycles. The van der Waals surface area contributed by atoms with Crippen molar-refractivity contribution in [3.63, 3.8) is 0 Å². The summed E-state index contributed by atoms with van der Waals surface area (Å²) in [7, 11) is 0. The first kappa shape index (κ1) is 13.6. The summed E-state index contributed by atoms with van der Waals surface area (Å²) in [6.45, 7) is 7.64. The third kappa shape index (κ3) is 2.88. The summed E-state index contributed by atoms with van der Waals surface area (Å²) in [5, 5.41) is 0. The molecule has 1 heterocycles. The van der Waals surface area contributed by atoms with E-state index in [4.69, 9.17) is 0 Å². The highest BCUT2D eigenvalue weighted by Gasteiger charge is 2.28. The minimum atomic E-state index is 0.163. The molecular formula is C17H23N2O. The van der Waals surface area contributed by atoms with Gasteiger partial charge in [0.1, 0.15) is 0 Å². The zero-order valence-electron chi connectivity index (χ0n) is 12.1. The number of hydrogen-bond acceptors (Lipinski definition) is 2. The Hall–Kier alpha value is -1.35. The molecule has 1 amide bonds. The van der Waals surface area contributed by atoms with Gasteiger partial charge in [-0.05, 0) is 37.5 Å². The molecule has 3 nitrogen and oxygen atoms in total. The Morgan fingerprint density at radius 3 is 2.20 bits per heavy atom. The maximum Gasteiger partial charge on any atom is 0.253 e. The minimum absolute atomic E-state index is 0.163. The lowest BCUT2D eigenvalue weighted by Crippen LogP contribution is -2.51. The maximum absolute atomic E-state index is 12.4. The normalized spacial score (nSPS) is 21.4. The van der Waals surface area contributed by atoms with Crippen LogP contribution in [0.4, 0.5) is 0 Å². The standard InChI is InChI=1S/C17H23N2O/c1-14-6-8-15(9-7-14)17(20)19-12-10-18(11-13-19)16-4-2-3-5-16/h6-9,16H,1-5,10-13H2. The minimum Gasteiger partial charge on any atom is -0.336 e. The second-order valence-corrected chi connectivity index (χ2v) is 5.96. The smallest absolute Gasteiger partial charge is 0.253 e. The number of rotatable bonds is 2. The molecule has 1 aliphatic carbocycles. The van der Waals surface area contributed by atoms with Crippen LogP contribution in [0.5, 0.6) is 0 Å². The molecule has 20 heavy (non-hydrogen) atoms. The Kier molecular flexibility index (Phi) is 4.06. The van der Waals surface area contributed by atoms with E-state index in [1.807, 2.05) is 29.2 Å². The van der Waals surface area contributed by atoms with Gasteiger partial charge in [0.2, 0.25) is 0 Å². The van der Waals surface area contributed by atoms with Crippen LogP contribution in [-0.4, -0.2) is 47.9 Å². The summed E-state index contributed by atoms with van der Waals surface area (Å²) in [5.74, 6) is 0.163.